The maximum absolute atomic E-state index is 10.4. The Morgan fingerprint density at radius 3 is 2.92 bits per heavy atom. The number of piperidine rings is 1. The fourth-order valence-electron chi connectivity index (χ4n) is 2.87. The minimum absolute atomic E-state index is 0.302. The molecule has 2 aliphatic rings. The summed E-state index contributed by atoms with van der Waals surface area (Å²) in [4.78, 5) is 0. The summed E-state index contributed by atoms with van der Waals surface area (Å²) in [5.41, 5.74) is -0.378. The van der Waals surface area contributed by atoms with Gasteiger partial charge >= 0.3 is 0 Å². The maximum atomic E-state index is 10.4. The molecule has 3 atom stereocenters. The standard InChI is InChI=1S/C10H19NO/c1-8-10(12)6-3-2-4-9(10)5-7-11-8/h8-9,11-12H,2-7H2,1H3/t8?,9-,10+/m0/s1. The van der Waals surface area contributed by atoms with Gasteiger partial charge in [-0.3, -0.25) is 0 Å². The SMILES string of the molecule is CC1NCC[C@@H]2CCCC[C@@]12O. The summed E-state index contributed by atoms with van der Waals surface area (Å²) in [5, 5.41) is 13.8. The Balaban J connectivity index is 2.14. The Labute approximate surface area is 74.4 Å². The highest BCUT2D eigenvalue weighted by Gasteiger charge is 2.44. The zero-order valence-electron chi connectivity index (χ0n) is 7.84. The van der Waals surface area contributed by atoms with Gasteiger partial charge in [-0.15, -0.1) is 0 Å². The Morgan fingerprint density at radius 1 is 1.33 bits per heavy atom. The quantitative estimate of drug-likeness (QED) is 0.572. The fourth-order valence-corrected chi connectivity index (χ4v) is 2.87. The van der Waals surface area contributed by atoms with Crippen molar-refractivity contribution < 1.29 is 5.11 Å². The summed E-state index contributed by atoms with van der Waals surface area (Å²) in [5.74, 6) is 0.572. The molecule has 70 valence electrons. The first-order valence-electron chi connectivity index (χ1n) is 5.19. The Hall–Kier alpha value is -0.0800. The molecule has 0 radical (unpaired) electrons. The van der Waals surface area contributed by atoms with Crippen molar-refractivity contribution in [3.63, 3.8) is 0 Å². The molecule has 1 aliphatic carbocycles. The van der Waals surface area contributed by atoms with Crippen LogP contribution in [-0.4, -0.2) is 23.3 Å². The van der Waals surface area contributed by atoms with Gasteiger partial charge in [0.15, 0.2) is 0 Å². The highest BCUT2D eigenvalue weighted by molar-refractivity contribution is 5.00. The molecule has 0 bridgehead atoms. The molecule has 12 heavy (non-hydrogen) atoms. The first-order chi connectivity index (χ1) is 5.73. The molecule has 2 fully saturated rings. The molecule has 0 aromatic carbocycles. The van der Waals surface area contributed by atoms with E-state index in [0.29, 0.717) is 12.0 Å². The van der Waals surface area contributed by atoms with Gasteiger partial charge in [-0.1, -0.05) is 12.8 Å². The lowest BCUT2D eigenvalue weighted by atomic mass is 9.68. The molecular formula is C10H19NO. The lowest BCUT2D eigenvalue weighted by molar-refractivity contribution is -0.0910. The number of aliphatic hydroxyl groups is 1. The lowest BCUT2D eigenvalue weighted by Crippen LogP contribution is -2.59. The van der Waals surface area contributed by atoms with Gasteiger partial charge in [0, 0.05) is 6.04 Å². The van der Waals surface area contributed by atoms with Crippen LogP contribution in [-0.2, 0) is 0 Å². The third kappa shape index (κ3) is 1.17. The van der Waals surface area contributed by atoms with Crippen LogP contribution in [0.2, 0.25) is 0 Å². The van der Waals surface area contributed by atoms with Crippen molar-refractivity contribution in [2.75, 3.05) is 6.54 Å². The van der Waals surface area contributed by atoms with E-state index < -0.39 is 0 Å². The first kappa shape index (κ1) is 8.52. The zero-order chi connectivity index (χ0) is 8.60. The van der Waals surface area contributed by atoms with E-state index in [1.807, 2.05) is 0 Å². The van der Waals surface area contributed by atoms with Gasteiger partial charge in [0.05, 0.1) is 5.60 Å². The third-order valence-corrected chi connectivity index (χ3v) is 3.78. The molecule has 1 unspecified atom stereocenters. The highest BCUT2D eigenvalue weighted by atomic mass is 16.3. The van der Waals surface area contributed by atoms with Crippen LogP contribution in [0.5, 0.6) is 0 Å². The lowest BCUT2D eigenvalue weighted by Gasteiger charge is -2.48. The van der Waals surface area contributed by atoms with Crippen molar-refractivity contribution in [1.29, 1.82) is 0 Å². The largest absolute Gasteiger partial charge is 0.388 e. The van der Waals surface area contributed by atoms with Gasteiger partial charge in [-0.2, -0.15) is 0 Å². The van der Waals surface area contributed by atoms with E-state index in [4.69, 9.17) is 0 Å². The molecule has 0 aromatic rings. The van der Waals surface area contributed by atoms with Crippen LogP contribution in [0.3, 0.4) is 0 Å². The number of nitrogens with one attached hydrogen (secondary N) is 1. The Morgan fingerprint density at radius 2 is 2.17 bits per heavy atom. The second-order valence-corrected chi connectivity index (χ2v) is 4.40. The van der Waals surface area contributed by atoms with Crippen molar-refractivity contribution in [2.45, 2.75) is 50.7 Å². The molecule has 1 heterocycles. The van der Waals surface area contributed by atoms with E-state index in [1.54, 1.807) is 0 Å². The average Bonchev–Trinajstić information content (AvgIpc) is 2.07. The molecule has 1 saturated heterocycles. The summed E-state index contributed by atoms with van der Waals surface area (Å²) in [6, 6.07) is 0.302. The summed E-state index contributed by atoms with van der Waals surface area (Å²) in [6.45, 7) is 3.21. The van der Waals surface area contributed by atoms with Gasteiger partial charge in [0.2, 0.25) is 0 Å². The summed E-state index contributed by atoms with van der Waals surface area (Å²) >= 11 is 0. The minimum atomic E-state index is -0.378. The zero-order valence-corrected chi connectivity index (χ0v) is 7.84. The van der Waals surface area contributed by atoms with Crippen molar-refractivity contribution in [2.24, 2.45) is 5.92 Å². The number of hydrogen-bond donors (Lipinski definition) is 2. The smallest absolute Gasteiger partial charge is 0.0825 e. The minimum Gasteiger partial charge on any atom is -0.388 e. The second kappa shape index (κ2) is 3.00. The molecule has 0 amide bonds. The summed E-state index contributed by atoms with van der Waals surface area (Å²) in [6.07, 6.45) is 5.94. The van der Waals surface area contributed by atoms with Gasteiger partial charge in [0.25, 0.3) is 0 Å². The maximum Gasteiger partial charge on any atom is 0.0825 e. The number of fused-ring (bicyclic) bond motifs is 1. The van der Waals surface area contributed by atoms with Crippen LogP contribution in [0.1, 0.15) is 39.0 Å². The van der Waals surface area contributed by atoms with E-state index >= 15 is 0 Å². The van der Waals surface area contributed by atoms with Gasteiger partial charge in [0.1, 0.15) is 0 Å². The van der Waals surface area contributed by atoms with Crippen molar-refractivity contribution in [3.05, 3.63) is 0 Å². The molecule has 2 rings (SSSR count). The molecule has 0 spiro atoms. The van der Waals surface area contributed by atoms with Crippen molar-refractivity contribution >= 4 is 0 Å². The Bertz CT molecular complexity index is 169. The number of rotatable bonds is 0. The van der Waals surface area contributed by atoms with E-state index in [-0.39, 0.29) is 5.60 Å². The Kier molecular flexibility index (Phi) is 2.13. The van der Waals surface area contributed by atoms with E-state index in [1.165, 1.54) is 25.7 Å². The second-order valence-electron chi connectivity index (χ2n) is 4.40. The van der Waals surface area contributed by atoms with Crippen LogP contribution in [0.15, 0.2) is 0 Å². The van der Waals surface area contributed by atoms with Gasteiger partial charge < -0.3 is 10.4 Å². The van der Waals surface area contributed by atoms with Crippen LogP contribution < -0.4 is 5.32 Å². The van der Waals surface area contributed by atoms with Gasteiger partial charge in [-0.25, -0.2) is 0 Å². The van der Waals surface area contributed by atoms with Crippen molar-refractivity contribution in [1.82, 2.24) is 5.32 Å². The summed E-state index contributed by atoms with van der Waals surface area (Å²) < 4.78 is 0. The number of hydrogen-bond acceptors (Lipinski definition) is 2. The normalized spacial score (nSPS) is 48.5. The van der Waals surface area contributed by atoms with E-state index in [0.717, 1.165) is 13.0 Å². The average molecular weight is 169 g/mol. The van der Waals surface area contributed by atoms with Crippen LogP contribution in [0.4, 0.5) is 0 Å². The first-order valence-corrected chi connectivity index (χ1v) is 5.19. The monoisotopic (exact) mass is 169 g/mol. The molecule has 1 aliphatic heterocycles. The molecule has 1 saturated carbocycles. The molecule has 2 nitrogen and oxygen atoms in total. The van der Waals surface area contributed by atoms with Crippen molar-refractivity contribution in [3.8, 4) is 0 Å². The topological polar surface area (TPSA) is 32.3 Å². The molecular weight excluding hydrogens is 150 g/mol. The fraction of sp³-hybridized carbons (Fsp3) is 1.00. The van der Waals surface area contributed by atoms with Crippen LogP contribution >= 0.6 is 0 Å². The molecule has 2 N–H and O–H groups in total. The molecule has 2 heteroatoms. The third-order valence-electron chi connectivity index (χ3n) is 3.78. The summed E-state index contributed by atoms with van der Waals surface area (Å²) in [7, 11) is 0. The van der Waals surface area contributed by atoms with Crippen LogP contribution in [0, 0.1) is 5.92 Å². The predicted octanol–water partition coefficient (Wildman–Crippen LogP) is 1.29. The van der Waals surface area contributed by atoms with E-state index in [2.05, 4.69) is 12.2 Å². The van der Waals surface area contributed by atoms with Crippen LogP contribution in [0.25, 0.3) is 0 Å². The van der Waals surface area contributed by atoms with Gasteiger partial charge in [-0.05, 0) is 38.6 Å². The van der Waals surface area contributed by atoms with E-state index in [9.17, 15) is 5.11 Å². The molecule has 0 aromatic heterocycles. The highest BCUT2D eigenvalue weighted by Crippen LogP contribution is 2.40. The predicted molar refractivity (Wildman–Crippen MR) is 49.0 cm³/mol.